The molecule has 0 aromatic carbocycles. The summed E-state index contributed by atoms with van der Waals surface area (Å²) in [5.41, 5.74) is 1.17. The van der Waals surface area contributed by atoms with Gasteiger partial charge in [0.25, 0.3) is 0 Å². The summed E-state index contributed by atoms with van der Waals surface area (Å²) in [6.07, 6.45) is 5.65. The van der Waals surface area contributed by atoms with Gasteiger partial charge in [-0.1, -0.05) is 0 Å². The molecule has 1 N–H and O–H groups in total. The average Bonchev–Trinajstić information content (AvgIpc) is 3.25. The van der Waals surface area contributed by atoms with Gasteiger partial charge in [-0.25, -0.2) is 9.97 Å². The van der Waals surface area contributed by atoms with E-state index in [4.69, 9.17) is 9.72 Å². The molecular weight excluding hydrogens is 252 g/mol. The maximum Gasteiger partial charge on any atom is 0.137 e. The van der Waals surface area contributed by atoms with Gasteiger partial charge in [0.1, 0.15) is 17.5 Å². The molecule has 1 saturated carbocycles. The van der Waals surface area contributed by atoms with Crippen LogP contribution in [0.2, 0.25) is 0 Å². The van der Waals surface area contributed by atoms with Crippen molar-refractivity contribution in [3.63, 3.8) is 0 Å². The highest BCUT2D eigenvalue weighted by molar-refractivity contribution is 5.59. The largest absolute Gasteiger partial charge is 0.373 e. The topological polar surface area (TPSA) is 50.3 Å². The number of hydrogen-bond acceptors (Lipinski definition) is 5. The number of nitrogens with zero attached hydrogens (tertiary/aromatic N) is 3. The summed E-state index contributed by atoms with van der Waals surface area (Å²) in [4.78, 5) is 12.0. The zero-order chi connectivity index (χ0) is 13.7. The van der Waals surface area contributed by atoms with Gasteiger partial charge in [0.05, 0.1) is 12.2 Å². The molecule has 20 heavy (non-hydrogen) atoms. The van der Waals surface area contributed by atoms with E-state index in [1.54, 1.807) is 0 Å². The minimum atomic E-state index is 0.394. The second-order valence-electron chi connectivity index (χ2n) is 6.27. The Labute approximate surface area is 119 Å². The maximum absolute atomic E-state index is 5.93. The van der Waals surface area contributed by atoms with Crippen molar-refractivity contribution in [3.8, 4) is 0 Å². The summed E-state index contributed by atoms with van der Waals surface area (Å²) in [7, 11) is 1.94. The van der Waals surface area contributed by atoms with Gasteiger partial charge in [-0.15, -0.1) is 0 Å². The summed E-state index contributed by atoms with van der Waals surface area (Å²) in [5, 5.41) is 3.23. The van der Waals surface area contributed by atoms with Gasteiger partial charge in [-0.3, -0.25) is 0 Å². The lowest BCUT2D eigenvalue weighted by atomic mass is 10.2. The third-order valence-electron chi connectivity index (χ3n) is 4.66. The minimum absolute atomic E-state index is 0.394. The molecule has 0 radical (unpaired) electrons. The van der Waals surface area contributed by atoms with Gasteiger partial charge in [0, 0.05) is 31.6 Å². The van der Waals surface area contributed by atoms with Crippen molar-refractivity contribution in [1.82, 2.24) is 9.97 Å². The molecule has 3 heterocycles. The van der Waals surface area contributed by atoms with Crippen molar-refractivity contribution in [3.05, 3.63) is 11.4 Å². The Morgan fingerprint density at radius 1 is 1.10 bits per heavy atom. The standard InChI is InChI=1S/C15H22N4O/c1-9-13(16-2)17-14(10-3-4-10)18-15(9)19-7-11-5-6-12(8-19)20-11/h10-12H,3-8H2,1-2H3,(H,16,17,18). The first-order valence-electron chi connectivity index (χ1n) is 7.71. The number of hydrogen-bond donors (Lipinski definition) is 1. The Hall–Kier alpha value is -1.36. The van der Waals surface area contributed by atoms with Crippen molar-refractivity contribution in [1.29, 1.82) is 0 Å². The Balaban J connectivity index is 1.70. The van der Waals surface area contributed by atoms with E-state index in [2.05, 4.69) is 22.1 Å². The second-order valence-corrected chi connectivity index (χ2v) is 6.27. The van der Waals surface area contributed by atoms with E-state index in [-0.39, 0.29) is 0 Å². The lowest BCUT2D eigenvalue weighted by molar-refractivity contribution is 0.0301. The molecule has 3 fully saturated rings. The normalized spacial score (nSPS) is 28.8. The number of nitrogens with one attached hydrogen (secondary N) is 1. The molecule has 2 saturated heterocycles. The summed E-state index contributed by atoms with van der Waals surface area (Å²) >= 11 is 0. The predicted octanol–water partition coefficient (Wildman–Crippen LogP) is 2.07. The third kappa shape index (κ3) is 2.04. The van der Waals surface area contributed by atoms with E-state index >= 15 is 0 Å². The van der Waals surface area contributed by atoms with Crippen LogP contribution < -0.4 is 10.2 Å². The van der Waals surface area contributed by atoms with Gasteiger partial charge in [0.2, 0.25) is 0 Å². The van der Waals surface area contributed by atoms with Crippen LogP contribution in [0.25, 0.3) is 0 Å². The monoisotopic (exact) mass is 274 g/mol. The SMILES string of the molecule is CNc1nc(C2CC2)nc(N2CC3CCC(C2)O3)c1C. The fraction of sp³-hybridized carbons (Fsp3) is 0.733. The van der Waals surface area contributed by atoms with Gasteiger partial charge in [-0.2, -0.15) is 0 Å². The molecule has 5 nitrogen and oxygen atoms in total. The zero-order valence-corrected chi connectivity index (χ0v) is 12.2. The highest BCUT2D eigenvalue weighted by Gasteiger charge is 2.36. The van der Waals surface area contributed by atoms with Crippen LogP contribution in [0.4, 0.5) is 11.6 Å². The van der Waals surface area contributed by atoms with Crippen molar-refractivity contribution in [2.45, 2.75) is 50.7 Å². The molecule has 1 aromatic heterocycles. The van der Waals surface area contributed by atoms with Gasteiger partial charge in [-0.05, 0) is 32.6 Å². The Bertz CT molecular complexity index is 517. The molecule has 2 aliphatic heterocycles. The lowest BCUT2D eigenvalue weighted by Crippen LogP contribution is -2.43. The summed E-state index contributed by atoms with van der Waals surface area (Å²) < 4.78 is 5.93. The minimum Gasteiger partial charge on any atom is -0.373 e. The fourth-order valence-corrected chi connectivity index (χ4v) is 3.38. The molecule has 2 atom stereocenters. The van der Waals surface area contributed by atoms with E-state index in [9.17, 15) is 0 Å². The fourth-order valence-electron chi connectivity index (χ4n) is 3.38. The summed E-state index contributed by atoms with van der Waals surface area (Å²) in [6, 6.07) is 0. The molecule has 1 aromatic rings. The third-order valence-corrected chi connectivity index (χ3v) is 4.66. The molecule has 0 spiro atoms. The number of ether oxygens (including phenoxy) is 1. The van der Waals surface area contributed by atoms with E-state index in [1.807, 2.05) is 7.05 Å². The van der Waals surface area contributed by atoms with E-state index < -0.39 is 0 Å². The number of aromatic nitrogens is 2. The molecule has 0 amide bonds. The zero-order valence-electron chi connectivity index (χ0n) is 12.2. The Morgan fingerprint density at radius 3 is 2.40 bits per heavy atom. The first kappa shape index (κ1) is 12.4. The van der Waals surface area contributed by atoms with Crippen LogP contribution in [0, 0.1) is 6.92 Å². The predicted molar refractivity (Wildman–Crippen MR) is 78.4 cm³/mol. The van der Waals surface area contributed by atoms with Crippen LogP contribution in [0.1, 0.15) is 43.0 Å². The van der Waals surface area contributed by atoms with Crippen molar-refractivity contribution < 1.29 is 4.74 Å². The second kappa shape index (κ2) is 4.58. The number of morpholine rings is 1. The molecule has 2 bridgehead atoms. The van der Waals surface area contributed by atoms with Crippen molar-refractivity contribution in [2.75, 3.05) is 30.4 Å². The summed E-state index contributed by atoms with van der Waals surface area (Å²) in [5.74, 6) is 3.70. The van der Waals surface area contributed by atoms with E-state index in [0.29, 0.717) is 18.1 Å². The smallest absolute Gasteiger partial charge is 0.137 e. The van der Waals surface area contributed by atoms with Crippen molar-refractivity contribution in [2.24, 2.45) is 0 Å². The van der Waals surface area contributed by atoms with Crippen LogP contribution in [-0.4, -0.2) is 42.3 Å². The van der Waals surface area contributed by atoms with Gasteiger partial charge in [0.15, 0.2) is 0 Å². The molecule has 2 unspecified atom stereocenters. The lowest BCUT2D eigenvalue weighted by Gasteiger charge is -2.34. The summed E-state index contributed by atoms with van der Waals surface area (Å²) in [6.45, 7) is 4.07. The highest BCUT2D eigenvalue weighted by atomic mass is 16.5. The van der Waals surface area contributed by atoms with Crippen LogP contribution in [0.5, 0.6) is 0 Å². The van der Waals surface area contributed by atoms with Gasteiger partial charge >= 0.3 is 0 Å². The van der Waals surface area contributed by atoms with Crippen LogP contribution in [0.3, 0.4) is 0 Å². The first-order chi connectivity index (χ1) is 9.74. The van der Waals surface area contributed by atoms with Crippen LogP contribution in [-0.2, 0) is 4.74 Å². The molecule has 5 heteroatoms. The number of fused-ring (bicyclic) bond motifs is 2. The van der Waals surface area contributed by atoms with Crippen molar-refractivity contribution >= 4 is 11.6 Å². The molecular formula is C15H22N4O. The Kier molecular flexibility index (Phi) is 2.84. The van der Waals surface area contributed by atoms with Crippen LogP contribution >= 0.6 is 0 Å². The highest BCUT2D eigenvalue weighted by Crippen LogP contribution is 2.40. The van der Waals surface area contributed by atoms with E-state index in [0.717, 1.165) is 30.5 Å². The number of anilines is 2. The average molecular weight is 274 g/mol. The molecule has 3 aliphatic rings. The van der Waals surface area contributed by atoms with E-state index in [1.165, 1.54) is 31.2 Å². The molecule has 1 aliphatic carbocycles. The maximum atomic E-state index is 5.93. The van der Waals surface area contributed by atoms with Crippen LogP contribution in [0.15, 0.2) is 0 Å². The number of rotatable bonds is 3. The molecule has 108 valence electrons. The van der Waals surface area contributed by atoms with Gasteiger partial charge < -0.3 is 15.0 Å². The Morgan fingerprint density at radius 2 is 1.80 bits per heavy atom. The molecule has 4 rings (SSSR count). The first-order valence-corrected chi connectivity index (χ1v) is 7.71. The quantitative estimate of drug-likeness (QED) is 0.914.